The summed E-state index contributed by atoms with van der Waals surface area (Å²) >= 11 is 0. The van der Waals surface area contributed by atoms with Crippen molar-refractivity contribution < 1.29 is 4.74 Å². The number of benzene rings is 1. The van der Waals surface area contributed by atoms with Crippen molar-refractivity contribution in [3.05, 3.63) is 29.8 Å². The van der Waals surface area contributed by atoms with E-state index < -0.39 is 0 Å². The van der Waals surface area contributed by atoms with Gasteiger partial charge in [-0.05, 0) is 18.6 Å². The van der Waals surface area contributed by atoms with E-state index in [9.17, 15) is 0 Å². The molecule has 0 radical (unpaired) electrons. The van der Waals surface area contributed by atoms with E-state index in [1.54, 1.807) is 0 Å². The van der Waals surface area contributed by atoms with E-state index >= 15 is 0 Å². The molecular formula is C11H13NO. The van der Waals surface area contributed by atoms with Gasteiger partial charge in [0, 0.05) is 11.8 Å². The zero-order valence-corrected chi connectivity index (χ0v) is 7.73. The van der Waals surface area contributed by atoms with Crippen molar-refractivity contribution in [1.29, 1.82) is 0 Å². The first-order chi connectivity index (χ1) is 6.40. The first kappa shape index (κ1) is 8.30. The second-order valence-electron chi connectivity index (χ2n) is 3.18. The lowest BCUT2D eigenvalue weighted by Gasteiger charge is -2.13. The van der Waals surface area contributed by atoms with Crippen LogP contribution in [0.25, 0.3) is 0 Å². The standard InChI is InChI=1S/C11H13NO/c1-2-10-8-12-7-9-5-3-4-6-11(9)13-10/h3-7,10H,2,8H2,1H3. The Bertz CT molecular complexity index is 320. The van der Waals surface area contributed by atoms with Gasteiger partial charge in [0.2, 0.25) is 0 Å². The highest BCUT2D eigenvalue weighted by atomic mass is 16.5. The van der Waals surface area contributed by atoms with Crippen molar-refractivity contribution in [2.24, 2.45) is 4.99 Å². The summed E-state index contributed by atoms with van der Waals surface area (Å²) in [6.45, 7) is 2.89. The number of hydrogen-bond donors (Lipinski definition) is 0. The minimum absolute atomic E-state index is 0.236. The van der Waals surface area contributed by atoms with Crippen molar-refractivity contribution in [2.45, 2.75) is 19.4 Å². The molecule has 1 heterocycles. The number of hydrogen-bond acceptors (Lipinski definition) is 2. The van der Waals surface area contributed by atoms with E-state index in [-0.39, 0.29) is 6.10 Å². The van der Waals surface area contributed by atoms with Crippen LogP contribution in [0.15, 0.2) is 29.3 Å². The van der Waals surface area contributed by atoms with E-state index in [0.717, 1.165) is 24.3 Å². The average Bonchev–Trinajstić information content (AvgIpc) is 2.38. The largest absolute Gasteiger partial charge is 0.488 e. The van der Waals surface area contributed by atoms with Crippen LogP contribution in [-0.4, -0.2) is 18.9 Å². The fraction of sp³-hybridized carbons (Fsp3) is 0.364. The topological polar surface area (TPSA) is 21.6 Å². The highest BCUT2D eigenvalue weighted by molar-refractivity contribution is 5.83. The van der Waals surface area contributed by atoms with Gasteiger partial charge in [-0.1, -0.05) is 19.1 Å². The Morgan fingerprint density at radius 3 is 3.15 bits per heavy atom. The van der Waals surface area contributed by atoms with E-state index in [4.69, 9.17) is 4.74 Å². The SMILES string of the molecule is CCC1CN=Cc2ccccc2O1. The molecule has 1 atom stereocenters. The van der Waals surface area contributed by atoms with Crippen molar-refractivity contribution in [3.63, 3.8) is 0 Å². The van der Waals surface area contributed by atoms with E-state index in [2.05, 4.69) is 11.9 Å². The Balaban J connectivity index is 2.32. The van der Waals surface area contributed by atoms with Crippen LogP contribution >= 0.6 is 0 Å². The van der Waals surface area contributed by atoms with Gasteiger partial charge in [0.05, 0.1) is 6.54 Å². The van der Waals surface area contributed by atoms with Gasteiger partial charge in [-0.25, -0.2) is 0 Å². The summed E-state index contributed by atoms with van der Waals surface area (Å²) in [6, 6.07) is 8.01. The van der Waals surface area contributed by atoms with Crippen molar-refractivity contribution in [1.82, 2.24) is 0 Å². The summed E-state index contributed by atoms with van der Waals surface area (Å²) in [5.74, 6) is 0.954. The molecule has 0 fully saturated rings. The predicted octanol–water partition coefficient (Wildman–Crippen LogP) is 2.28. The molecule has 0 saturated carbocycles. The Morgan fingerprint density at radius 1 is 1.46 bits per heavy atom. The maximum Gasteiger partial charge on any atom is 0.128 e. The molecule has 1 aromatic rings. The lowest BCUT2D eigenvalue weighted by atomic mass is 10.2. The zero-order chi connectivity index (χ0) is 9.10. The number of fused-ring (bicyclic) bond motifs is 1. The van der Waals surface area contributed by atoms with Crippen molar-refractivity contribution in [2.75, 3.05) is 6.54 Å². The summed E-state index contributed by atoms with van der Waals surface area (Å²) in [4.78, 5) is 4.31. The normalized spacial score (nSPS) is 20.2. The second kappa shape index (κ2) is 3.60. The fourth-order valence-corrected chi connectivity index (χ4v) is 1.39. The quantitative estimate of drug-likeness (QED) is 0.641. The molecule has 0 spiro atoms. The predicted molar refractivity (Wildman–Crippen MR) is 53.6 cm³/mol. The van der Waals surface area contributed by atoms with Gasteiger partial charge in [0.25, 0.3) is 0 Å². The van der Waals surface area contributed by atoms with Crippen LogP contribution in [0, 0.1) is 0 Å². The molecule has 1 aliphatic heterocycles. The lowest BCUT2D eigenvalue weighted by Crippen LogP contribution is -2.17. The number of aliphatic imine (C=N–C) groups is 1. The van der Waals surface area contributed by atoms with Crippen LogP contribution < -0.4 is 4.74 Å². The molecule has 2 nitrogen and oxygen atoms in total. The van der Waals surface area contributed by atoms with Gasteiger partial charge in [0.15, 0.2) is 0 Å². The summed E-state index contributed by atoms with van der Waals surface area (Å²) in [7, 11) is 0. The summed E-state index contributed by atoms with van der Waals surface area (Å²) < 4.78 is 5.78. The van der Waals surface area contributed by atoms with Gasteiger partial charge in [-0.15, -0.1) is 0 Å². The number of nitrogens with zero attached hydrogens (tertiary/aromatic N) is 1. The van der Waals surface area contributed by atoms with Crippen molar-refractivity contribution >= 4 is 6.21 Å². The van der Waals surface area contributed by atoms with Gasteiger partial charge in [0.1, 0.15) is 11.9 Å². The Hall–Kier alpha value is -1.31. The van der Waals surface area contributed by atoms with Gasteiger partial charge in [-0.2, -0.15) is 0 Å². The monoisotopic (exact) mass is 175 g/mol. The highest BCUT2D eigenvalue weighted by Gasteiger charge is 2.11. The third kappa shape index (κ3) is 1.72. The molecule has 0 aliphatic carbocycles. The van der Waals surface area contributed by atoms with Crippen LogP contribution in [0.4, 0.5) is 0 Å². The molecule has 2 rings (SSSR count). The van der Waals surface area contributed by atoms with Crippen LogP contribution in [0.2, 0.25) is 0 Å². The Labute approximate surface area is 78.3 Å². The van der Waals surface area contributed by atoms with Crippen molar-refractivity contribution in [3.8, 4) is 5.75 Å². The molecule has 1 unspecified atom stereocenters. The first-order valence-corrected chi connectivity index (χ1v) is 4.65. The Morgan fingerprint density at radius 2 is 2.31 bits per heavy atom. The molecule has 0 saturated heterocycles. The van der Waals surface area contributed by atoms with Crippen LogP contribution in [-0.2, 0) is 0 Å². The molecule has 0 N–H and O–H groups in total. The maximum absolute atomic E-state index is 5.78. The van der Waals surface area contributed by atoms with E-state index in [0.29, 0.717) is 0 Å². The molecule has 68 valence electrons. The zero-order valence-electron chi connectivity index (χ0n) is 7.73. The summed E-state index contributed by atoms with van der Waals surface area (Å²) in [6.07, 6.45) is 3.14. The second-order valence-corrected chi connectivity index (χ2v) is 3.18. The smallest absolute Gasteiger partial charge is 0.128 e. The number of rotatable bonds is 1. The fourth-order valence-electron chi connectivity index (χ4n) is 1.39. The van der Waals surface area contributed by atoms with Crippen LogP contribution in [0.5, 0.6) is 5.75 Å². The summed E-state index contributed by atoms with van der Waals surface area (Å²) in [5, 5.41) is 0. The third-order valence-corrected chi connectivity index (χ3v) is 2.21. The molecular weight excluding hydrogens is 162 g/mol. The van der Waals surface area contributed by atoms with Crippen LogP contribution in [0.1, 0.15) is 18.9 Å². The first-order valence-electron chi connectivity index (χ1n) is 4.65. The summed E-state index contributed by atoms with van der Waals surface area (Å²) in [5.41, 5.74) is 1.08. The maximum atomic E-state index is 5.78. The van der Waals surface area contributed by atoms with E-state index in [1.807, 2.05) is 30.5 Å². The average molecular weight is 175 g/mol. The number of ether oxygens (including phenoxy) is 1. The third-order valence-electron chi connectivity index (χ3n) is 2.21. The molecule has 0 amide bonds. The molecule has 0 bridgehead atoms. The highest BCUT2D eigenvalue weighted by Crippen LogP contribution is 2.20. The number of para-hydroxylation sites is 1. The van der Waals surface area contributed by atoms with Gasteiger partial charge in [-0.3, -0.25) is 4.99 Å². The molecule has 13 heavy (non-hydrogen) atoms. The molecule has 1 aliphatic rings. The minimum Gasteiger partial charge on any atom is -0.488 e. The Kier molecular flexibility index (Phi) is 2.30. The minimum atomic E-state index is 0.236. The van der Waals surface area contributed by atoms with Gasteiger partial charge >= 0.3 is 0 Å². The van der Waals surface area contributed by atoms with Crippen LogP contribution in [0.3, 0.4) is 0 Å². The van der Waals surface area contributed by atoms with E-state index in [1.165, 1.54) is 0 Å². The van der Waals surface area contributed by atoms with Gasteiger partial charge < -0.3 is 4.74 Å². The molecule has 0 aromatic heterocycles. The lowest BCUT2D eigenvalue weighted by molar-refractivity contribution is 0.208. The molecule has 2 heteroatoms. The molecule has 1 aromatic carbocycles.